The number of anilines is 1. The van der Waals surface area contributed by atoms with Crippen molar-refractivity contribution in [2.24, 2.45) is 0 Å². The molecule has 0 aliphatic carbocycles. The van der Waals surface area contributed by atoms with Crippen LogP contribution in [-0.4, -0.2) is 42.4 Å². The van der Waals surface area contributed by atoms with Gasteiger partial charge in [0.2, 0.25) is 10.0 Å². The summed E-state index contributed by atoms with van der Waals surface area (Å²) in [5.74, 6) is 0. The Labute approximate surface area is 110 Å². The Bertz CT molecular complexity index is 573. The molecular formula is C10H15N3O5S. The van der Waals surface area contributed by atoms with Crippen molar-refractivity contribution in [2.75, 3.05) is 25.4 Å². The van der Waals surface area contributed by atoms with Crippen LogP contribution in [0.5, 0.6) is 0 Å². The van der Waals surface area contributed by atoms with E-state index in [2.05, 4.69) is 0 Å². The molecule has 0 spiro atoms. The van der Waals surface area contributed by atoms with E-state index in [1.165, 1.54) is 0 Å². The first-order chi connectivity index (χ1) is 8.84. The minimum atomic E-state index is -3.86. The third kappa shape index (κ3) is 3.19. The van der Waals surface area contributed by atoms with Crippen LogP contribution >= 0.6 is 0 Å². The van der Waals surface area contributed by atoms with Crippen LogP contribution in [0.4, 0.5) is 11.4 Å². The summed E-state index contributed by atoms with van der Waals surface area (Å²) in [7, 11) is -3.86. The van der Waals surface area contributed by atoms with E-state index in [4.69, 9.17) is 10.8 Å². The Morgan fingerprint density at radius 2 is 2.11 bits per heavy atom. The zero-order valence-corrected chi connectivity index (χ0v) is 11.1. The van der Waals surface area contributed by atoms with Crippen molar-refractivity contribution >= 4 is 21.4 Å². The monoisotopic (exact) mass is 289 g/mol. The molecule has 0 heterocycles. The van der Waals surface area contributed by atoms with Crippen molar-refractivity contribution < 1.29 is 18.4 Å². The number of rotatable bonds is 6. The molecular weight excluding hydrogens is 274 g/mol. The maximum Gasteiger partial charge on any atom is 0.271 e. The van der Waals surface area contributed by atoms with E-state index in [1.54, 1.807) is 6.92 Å². The van der Waals surface area contributed by atoms with Crippen LogP contribution in [-0.2, 0) is 10.0 Å². The molecule has 0 aliphatic heterocycles. The minimum Gasteiger partial charge on any atom is -0.397 e. The molecule has 3 N–H and O–H groups in total. The average Bonchev–Trinajstić information content (AvgIpc) is 2.35. The molecule has 0 aromatic heterocycles. The summed E-state index contributed by atoms with van der Waals surface area (Å²) in [5, 5.41) is 19.4. The Kier molecular flexibility index (Phi) is 4.81. The van der Waals surface area contributed by atoms with E-state index in [-0.39, 0.29) is 36.0 Å². The van der Waals surface area contributed by atoms with Gasteiger partial charge in [0.25, 0.3) is 5.69 Å². The normalized spacial score (nSPS) is 11.7. The van der Waals surface area contributed by atoms with E-state index < -0.39 is 14.9 Å². The van der Waals surface area contributed by atoms with Crippen molar-refractivity contribution in [3.63, 3.8) is 0 Å². The molecule has 0 saturated carbocycles. The predicted octanol–water partition coefficient (Wildman–Crippen LogP) is 0.180. The standard InChI is InChI=1S/C10H15N3O5S/c1-2-12(5-6-14)19(17,18)10-4-3-8(13(15)16)7-9(10)11/h3-4,7,14H,2,5-6,11H2,1H3. The Hall–Kier alpha value is -1.71. The number of hydrogen-bond donors (Lipinski definition) is 2. The number of non-ortho nitro benzene ring substituents is 1. The highest BCUT2D eigenvalue weighted by atomic mass is 32.2. The van der Waals surface area contributed by atoms with Gasteiger partial charge in [-0.05, 0) is 6.07 Å². The van der Waals surface area contributed by atoms with Gasteiger partial charge >= 0.3 is 0 Å². The number of nitrogens with zero attached hydrogens (tertiary/aromatic N) is 2. The number of nitrogens with two attached hydrogens (primary N) is 1. The van der Waals surface area contributed by atoms with Gasteiger partial charge in [0.05, 0.1) is 17.2 Å². The van der Waals surface area contributed by atoms with Gasteiger partial charge < -0.3 is 10.8 Å². The highest BCUT2D eigenvalue weighted by Gasteiger charge is 2.26. The number of aliphatic hydroxyl groups is 1. The number of aliphatic hydroxyl groups excluding tert-OH is 1. The van der Waals surface area contributed by atoms with Crippen molar-refractivity contribution in [1.29, 1.82) is 0 Å². The fourth-order valence-electron chi connectivity index (χ4n) is 1.58. The lowest BCUT2D eigenvalue weighted by atomic mass is 10.3. The first-order valence-corrected chi connectivity index (χ1v) is 6.93. The van der Waals surface area contributed by atoms with Crippen molar-refractivity contribution in [3.8, 4) is 0 Å². The second kappa shape index (κ2) is 5.95. The molecule has 0 bridgehead atoms. The minimum absolute atomic E-state index is 0.0603. The zero-order chi connectivity index (χ0) is 14.6. The van der Waals surface area contributed by atoms with Gasteiger partial charge in [-0.1, -0.05) is 6.92 Å². The summed E-state index contributed by atoms with van der Waals surface area (Å²) >= 11 is 0. The number of nitro groups is 1. The Morgan fingerprint density at radius 1 is 1.47 bits per heavy atom. The molecule has 0 saturated heterocycles. The van der Waals surface area contributed by atoms with Gasteiger partial charge in [-0.3, -0.25) is 10.1 Å². The number of hydrogen-bond acceptors (Lipinski definition) is 6. The second-order valence-corrected chi connectivity index (χ2v) is 5.61. The molecule has 0 fully saturated rings. The molecule has 0 radical (unpaired) electrons. The number of sulfonamides is 1. The van der Waals surface area contributed by atoms with Gasteiger partial charge in [-0.25, -0.2) is 8.42 Å². The topological polar surface area (TPSA) is 127 Å². The van der Waals surface area contributed by atoms with Gasteiger partial charge in [-0.2, -0.15) is 4.31 Å². The largest absolute Gasteiger partial charge is 0.397 e. The summed E-state index contributed by atoms with van der Waals surface area (Å²) < 4.78 is 25.5. The number of likely N-dealkylation sites (N-methyl/N-ethyl adjacent to an activating group) is 1. The first kappa shape index (κ1) is 15.3. The molecule has 1 aromatic carbocycles. The summed E-state index contributed by atoms with van der Waals surface area (Å²) in [6, 6.07) is 3.18. The molecule has 106 valence electrons. The summed E-state index contributed by atoms with van der Waals surface area (Å²) in [6.45, 7) is 1.41. The zero-order valence-electron chi connectivity index (χ0n) is 10.3. The Balaban J connectivity index is 3.25. The number of benzene rings is 1. The summed E-state index contributed by atoms with van der Waals surface area (Å²) in [4.78, 5) is 9.71. The third-order valence-electron chi connectivity index (χ3n) is 2.52. The quantitative estimate of drug-likeness (QED) is 0.437. The number of nitro benzene ring substituents is 1. The molecule has 1 rings (SSSR count). The molecule has 19 heavy (non-hydrogen) atoms. The summed E-state index contributed by atoms with van der Waals surface area (Å²) in [6.07, 6.45) is 0. The fraction of sp³-hybridized carbons (Fsp3) is 0.400. The second-order valence-electron chi connectivity index (χ2n) is 3.70. The highest BCUT2D eigenvalue weighted by molar-refractivity contribution is 7.89. The van der Waals surface area contributed by atoms with Gasteiger partial charge in [-0.15, -0.1) is 0 Å². The molecule has 0 unspecified atom stereocenters. The lowest BCUT2D eigenvalue weighted by Gasteiger charge is -2.20. The van der Waals surface area contributed by atoms with Crippen molar-refractivity contribution in [3.05, 3.63) is 28.3 Å². The third-order valence-corrected chi connectivity index (χ3v) is 4.57. The predicted molar refractivity (Wildman–Crippen MR) is 69.0 cm³/mol. The molecule has 0 atom stereocenters. The SMILES string of the molecule is CCN(CCO)S(=O)(=O)c1ccc([N+](=O)[O-])cc1N. The van der Waals surface area contributed by atoms with E-state index in [0.717, 1.165) is 22.5 Å². The summed E-state index contributed by atoms with van der Waals surface area (Å²) in [5.41, 5.74) is 5.10. The number of nitrogen functional groups attached to an aromatic ring is 1. The molecule has 1 aromatic rings. The van der Waals surface area contributed by atoms with Crippen LogP contribution in [0.2, 0.25) is 0 Å². The average molecular weight is 289 g/mol. The maximum atomic E-state index is 12.2. The van der Waals surface area contributed by atoms with Gasteiger partial charge in [0.1, 0.15) is 4.90 Å². The molecule has 9 heteroatoms. The lowest BCUT2D eigenvalue weighted by molar-refractivity contribution is -0.384. The maximum absolute atomic E-state index is 12.2. The van der Waals surface area contributed by atoms with Gasteiger partial charge in [0, 0.05) is 25.2 Å². The van der Waals surface area contributed by atoms with Crippen LogP contribution in [0.1, 0.15) is 6.92 Å². The lowest BCUT2D eigenvalue weighted by Crippen LogP contribution is -2.33. The first-order valence-electron chi connectivity index (χ1n) is 5.49. The van der Waals surface area contributed by atoms with Crippen LogP contribution in [0.15, 0.2) is 23.1 Å². The van der Waals surface area contributed by atoms with Gasteiger partial charge in [0.15, 0.2) is 0 Å². The Morgan fingerprint density at radius 3 is 2.53 bits per heavy atom. The van der Waals surface area contributed by atoms with Crippen molar-refractivity contribution in [2.45, 2.75) is 11.8 Å². The highest BCUT2D eigenvalue weighted by Crippen LogP contribution is 2.26. The van der Waals surface area contributed by atoms with E-state index in [9.17, 15) is 18.5 Å². The van der Waals surface area contributed by atoms with Crippen LogP contribution in [0, 0.1) is 10.1 Å². The van der Waals surface area contributed by atoms with Crippen LogP contribution in [0.25, 0.3) is 0 Å². The van der Waals surface area contributed by atoms with Crippen LogP contribution < -0.4 is 5.73 Å². The van der Waals surface area contributed by atoms with Crippen molar-refractivity contribution in [1.82, 2.24) is 4.31 Å². The van der Waals surface area contributed by atoms with E-state index in [1.807, 2.05) is 0 Å². The smallest absolute Gasteiger partial charge is 0.271 e. The fourth-order valence-corrected chi connectivity index (χ4v) is 3.12. The van der Waals surface area contributed by atoms with E-state index in [0.29, 0.717) is 0 Å². The van der Waals surface area contributed by atoms with Crippen LogP contribution in [0.3, 0.4) is 0 Å². The molecule has 0 amide bonds. The van der Waals surface area contributed by atoms with E-state index >= 15 is 0 Å². The molecule has 0 aliphatic rings. The molecule has 8 nitrogen and oxygen atoms in total.